The molecule has 0 aliphatic rings. The predicted octanol–water partition coefficient (Wildman–Crippen LogP) is 1.80. The van der Waals surface area contributed by atoms with Gasteiger partial charge < -0.3 is 9.84 Å². The van der Waals surface area contributed by atoms with Crippen molar-refractivity contribution < 1.29 is 14.6 Å². The first-order chi connectivity index (χ1) is 6.06. The topological polar surface area (TPSA) is 46.5 Å². The zero-order valence-corrected chi connectivity index (χ0v) is 7.92. The molecule has 3 heteroatoms. The first-order valence-corrected chi connectivity index (χ1v) is 3.94. The summed E-state index contributed by atoms with van der Waals surface area (Å²) in [6.07, 6.45) is 0. The molecule has 0 radical (unpaired) electrons. The maximum Gasteiger partial charge on any atom is 0.338 e. The molecular formula is C10H12O3. The lowest BCUT2D eigenvalue weighted by Crippen LogP contribution is -2.06. The molecule has 70 valence electrons. The van der Waals surface area contributed by atoms with Gasteiger partial charge in [0, 0.05) is 0 Å². The number of esters is 1. The van der Waals surface area contributed by atoms with Gasteiger partial charge in [0.2, 0.25) is 0 Å². The molecule has 0 atom stereocenters. The van der Waals surface area contributed by atoms with E-state index < -0.39 is 0 Å². The standard InChI is InChI=1S/C10H12O3/c1-6-4-8(11)5-7(2)9(6)10(12)13-3/h4-5,11H,1-3H3. The van der Waals surface area contributed by atoms with E-state index in [0.29, 0.717) is 5.56 Å². The van der Waals surface area contributed by atoms with Crippen LogP contribution in [0.5, 0.6) is 5.75 Å². The fourth-order valence-corrected chi connectivity index (χ4v) is 1.36. The van der Waals surface area contributed by atoms with Crippen LogP contribution in [0, 0.1) is 13.8 Å². The van der Waals surface area contributed by atoms with E-state index in [0.717, 1.165) is 11.1 Å². The monoisotopic (exact) mass is 180 g/mol. The van der Waals surface area contributed by atoms with Crippen LogP contribution < -0.4 is 0 Å². The van der Waals surface area contributed by atoms with Crippen LogP contribution in [-0.2, 0) is 4.74 Å². The average molecular weight is 180 g/mol. The summed E-state index contributed by atoms with van der Waals surface area (Å²) in [5.41, 5.74) is 1.98. The van der Waals surface area contributed by atoms with Gasteiger partial charge in [-0.15, -0.1) is 0 Å². The summed E-state index contributed by atoms with van der Waals surface area (Å²) < 4.78 is 4.62. The third-order valence-electron chi connectivity index (χ3n) is 1.91. The Labute approximate surface area is 77.0 Å². The van der Waals surface area contributed by atoms with Crippen LogP contribution in [0.15, 0.2) is 12.1 Å². The molecular weight excluding hydrogens is 168 g/mol. The Kier molecular flexibility index (Phi) is 2.56. The van der Waals surface area contributed by atoms with E-state index in [1.54, 1.807) is 26.0 Å². The zero-order valence-electron chi connectivity index (χ0n) is 7.92. The number of methoxy groups -OCH3 is 1. The molecule has 0 aliphatic heterocycles. The van der Waals surface area contributed by atoms with Crippen molar-refractivity contribution in [2.24, 2.45) is 0 Å². The van der Waals surface area contributed by atoms with Crippen molar-refractivity contribution in [1.29, 1.82) is 0 Å². The molecule has 0 heterocycles. The highest BCUT2D eigenvalue weighted by Gasteiger charge is 2.12. The number of hydrogen-bond acceptors (Lipinski definition) is 3. The van der Waals surface area contributed by atoms with Gasteiger partial charge in [-0.25, -0.2) is 4.79 Å². The molecule has 0 amide bonds. The van der Waals surface area contributed by atoms with Gasteiger partial charge in [-0.1, -0.05) is 0 Å². The van der Waals surface area contributed by atoms with Crippen LogP contribution in [0.4, 0.5) is 0 Å². The zero-order chi connectivity index (χ0) is 10.0. The molecule has 0 unspecified atom stereocenters. The van der Waals surface area contributed by atoms with Crippen molar-refractivity contribution in [3.63, 3.8) is 0 Å². The lowest BCUT2D eigenvalue weighted by atomic mass is 10.0. The van der Waals surface area contributed by atoms with Crippen LogP contribution in [0.3, 0.4) is 0 Å². The summed E-state index contributed by atoms with van der Waals surface area (Å²) in [4.78, 5) is 11.3. The molecule has 3 nitrogen and oxygen atoms in total. The van der Waals surface area contributed by atoms with Gasteiger partial charge in [0.05, 0.1) is 12.7 Å². The summed E-state index contributed by atoms with van der Waals surface area (Å²) in [7, 11) is 1.34. The number of phenolic OH excluding ortho intramolecular Hbond substituents is 1. The first-order valence-electron chi connectivity index (χ1n) is 3.94. The second-order valence-corrected chi connectivity index (χ2v) is 2.95. The Balaban J connectivity index is 3.28. The number of benzene rings is 1. The Morgan fingerprint density at radius 2 is 1.77 bits per heavy atom. The first kappa shape index (κ1) is 9.58. The minimum absolute atomic E-state index is 0.169. The fraction of sp³-hybridized carbons (Fsp3) is 0.300. The largest absolute Gasteiger partial charge is 0.508 e. The number of carbonyl (C=O) groups excluding carboxylic acids is 1. The third kappa shape index (κ3) is 1.80. The molecule has 0 spiro atoms. The van der Waals surface area contributed by atoms with Crippen molar-refractivity contribution in [3.05, 3.63) is 28.8 Å². The summed E-state index contributed by atoms with van der Waals surface area (Å²) >= 11 is 0. The van der Waals surface area contributed by atoms with Gasteiger partial charge >= 0.3 is 5.97 Å². The SMILES string of the molecule is COC(=O)c1c(C)cc(O)cc1C. The van der Waals surface area contributed by atoms with Crippen molar-refractivity contribution in [3.8, 4) is 5.75 Å². The highest BCUT2D eigenvalue weighted by atomic mass is 16.5. The molecule has 13 heavy (non-hydrogen) atoms. The maximum atomic E-state index is 11.3. The minimum Gasteiger partial charge on any atom is -0.508 e. The van der Waals surface area contributed by atoms with Crippen molar-refractivity contribution in [2.45, 2.75) is 13.8 Å². The molecule has 0 aromatic heterocycles. The van der Waals surface area contributed by atoms with Gasteiger partial charge in [0.25, 0.3) is 0 Å². The number of ether oxygens (including phenoxy) is 1. The fourth-order valence-electron chi connectivity index (χ4n) is 1.36. The molecule has 1 aromatic rings. The second kappa shape index (κ2) is 3.47. The van der Waals surface area contributed by atoms with Gasteiger partial charge in [-0.05, 0) is 37.1 Å². The normalized spacial score (nSPS) is 9.77. The van der Waals surface area contributed by atoms with Crippen molar-refractivity contribution >= 4 is 5.97 Å². The minimum atomic E-state index is -0.366. The second-order valence-electron chi connectivity index (χ2n) is 2.95. The van der Waals surface area contributed by atoms with E-state index in [1.807, 2.05) is 0 Å². The van der Waals surface area contributed by atoms with Gasteiger partial charge in [0.15, 0.2) is 0 Å². The van der Waals surface area contributed by atoms with E-state index in [1.165, 1.54) is 7.11 Å². The average Bonchev–Trinajstić information content (AvgIpc) is 2.02. The Morgan fingerprint density at radius 1 is 1.31 bits per heavy atom. The van der Waals surface area contributed by atoms with Gasteiger partial charge in [0.1, 0.15) is 5.75 Å². The number of carbonyl (C=O) groups is 1. The van der Waals surface area contributed by atoms with E-state index in [4.69, 9.17) is 0 Å². The molecule has 0 aliphatic carbocycles. The molecule has 0 bridgehead atoms. The lowest BCUT2D eigenvalue weighted by Gasteiger charge is -2.07. The number of hydrogen-bond donors (Lipinski definition) is 1. The smallest absolute Gasteiger partial charge is 0.338 e. The summed E-state index contributed by atoms with van der Waals surface area (Å²) in [6, 6.07) is 3.08. The number of aryl methyl sites for hydroxylation is 2. The van der Waals surface area contributed by atoms with Crippen molar-refractivity contribution in [2.75, 3.05) is 7.11 Å². The predicted molar refractivity (Wildman–Crippen MR) is 48.9 cm³/mol. The number of rotatable bonds is 1. The number of phenols is 1. The maximum absolute atomic E-state index is 11.3. The molecule has 0 fully saturated rings. The summed E-state index contributed by atoms with van der Waals surface area (Å²) in [5, 5.41) is 9.22. The molecule has 0 saturated carbocycles. The van der Waals surface area contributed by atoms with E-state index >= 15 is 0 Å². The molecule has 0 saturated heterocycles. The van der Waals surface area contributed by atoms with E-state index in [2.05, 4.69) is 4.74 Å². The highest BCUT2D eigenvalue weighted by Crippen LogP contribution is 2.21. The molecule has 1 N–H and O–H groups in total. The van der Waals surface area contributed by atoms with Gasteiger partial charge in [-0.3, -0.25) is 0 Å². The highest BCUT2D eigenvalue weighted by molar-refractivity contribution is 5.92. The van der Waals surface area contributed by atoms with E-state index in [-0.39, 0.29) is 11.7 Å². The van der Waals surface area contributed by atoms with E-state index in [9.17, 15) is 9.90 Å². The number of aromatic hydroxyl groups is 1. The van der Waals surface area contributed by atoms with Crippen LogP contribution in [0.25, 0.3) is 0 Å². The van der Waals surface area contributed by atoms with Crippen LogP contribution in [-0.4, -0.2) is 18.2 Å². The summed E-state index contributed by atoms with van der Waals surface area (Å²) in [5.74, 6) is -0.197. The van der Waals surface area contributed by atoms with Crippen LogP contribution >= 0.6 is 0 Å². The Bertz CT molecular complexity index is 319. The molecule has 1 aromatic carbocycles. The Morgan fingerprint density at radius 3 is 2.15 bits per heavy atom. The quantitative estimate of drug-likeness (QED) is 0.670. The van der Waals surface area contributed by atoms with Crippen LogP contribution in [0.1, 0.15) is 21.5 Å². The third-order valence-corrected chi connectivity index (χ3v) is 1.91. The van der Waals surface area contributed by atoms with Gasteiger partial charge in [-0.2, -0.15) is 0 Å². The lowest BCUT2D eigenvalue weighted by molar-refractivity contribution is 0.0599. The summed E-state index contributed by atoms with van der Waals surface area (Å²) in [6.45, 7) is 3.53. The Hall–Kier alpha value is -1.51. The van der Waals surface area contributed by atoms with Crippen molar-refractivity contribution in [1.82, 2.24) is 0 Å². The molecule has 1 rings (SSSR count). The van der Waals surface area contributed by atoms with Crippen LogP contribution in [0.2, 0.25) is 0 Å².